The Morgan fingerprint density at radius 1 is 1.57 bits per heavy atom. The molecule has 6 heteroatoms. The molecule has 0 amide bonds. The number of hydrogen-bond donors (Lipinski definition) is 2. The summed E-state index contributed by atoms with van der Waals surface area (Å²) in [5, 5.41) is 14.7. The summed E-state index contributed by atoms with van der Waals surface area (Å²) in [5.41, 5.74) is 0. The number of halogens is 2. The van der Waals surface area contributed by atoms with Gasteiger partial charge in [0.1, 0.15) is 0 Å². The van der Waals surface area contributed by atoms with E-state index in [-0.39, 0.29) is 0 Å². The second-order valence-corrected chi connectivity index (χ2v) is 1.72. The number of aliphatic hydroxyl groups is 1. The van der Waals surface area contributed by atoms with Crippen LogP contribution in [0.3, 0.4) is 0 Å². The Labute approximate surface area is 39.7 Å². The molecule has 0 spiro atoms. The van der Waals surface area contributed by atoms with Crippen LogP contribution >= 0.6 is 8.81 Å². The normalized spacial score (nSPS) is 13.7. The van der Waals surface area contributed by atoms with Crippen molar-refractivity contribution in [1.82, 2.24) is 0 Å². The van der Waals surface area contributed by atoms with Gasteiger partial charge in [0.2, 0.25) is 0 Å². The fourth-order valence-electron chi connectivity index (χ4n) is 0.0549. The maximum absolute atomic E-state index is 11.0. The molecule has 0 aromatic rings. The summed E-state index contributed by atoms with van der Waals surface area (Å²) in [4.78, 5) is 0. The summed E-state index contributed by atoms with van der Waals surface area (Å²) in [6.07, 6.45) is 0. The Balaban J connectivity index is 3.15. The molecular formula is CH3F2O3P. The Morgan fingerprint density at radius 3 is 2.00 bits per heavy atom. The molecule has 0 bridgehead atoms. The highest BCUT2D eigenvalue weighted by molar-refractivity contribution is 7.33. The predicted molar refractivity (Wildman–Crippen MR) is 19.2 cm³/mol. The molecule has 1 atom stereocenters. The summed E-state index contributed by atoms with van der Waals surface area (Å²) >= 11 is 0. The van der Waals surface area contributed by atoms with Gasteiger partial charge in [-0.3, -0.25) is 0 Å². The van der Waals surface area contributed by atoms with E-state index in [0.29, 0.717) is 0 Å². The highest BCUT2D eigenvalue weighted by Gasteiger charge is 2.24. The van der Waals surface area contributed by atoms with Crippen molar-refractivity contribution >= 4 is 8.81 Å². The molecule has 0 saturated carbocycles. The fraction of sp³-hybridized carbons (Fsp3) is 1.00. The lowest BCUT2D eigenvalue weighted by Gasteiger charge is -2.01. The van der Waals surface area contributed by atoms with Crippen molar-refractivity contribution in [3.05, 3.63) is 0 Å². The average Bonchev–Trinajstić information content (AvgIpc) is 1.30. The monoisotopic (exact) mass is 132 g/mol. The molecule has 0 aliphatic carbocycles. The average molecular weight is 132 g/mol. The van der Waals surface area contributed by atoms with Crippen LogP contribution < -0.4 is 0 Å². The molecule has 0 aromatic heterocycles. The molecule has 0 aromatic carbocycles. The lowest BCUT2D eigenvalue weighted by molar-refractivity contribution is -0.168. The number of hydrogen-bond acceptors (Lipinski definition) is 3. The van der Waals surface area contributed by atoms with Crippen LogP contribution in [0.1, 0.15) is 0 Å². The van der Waals surface area contributed by atoms with E-state index in [4.69, 9.17) is 10.4 Å². The summed E-state index contributed by atoms with van der Waals surface area (Å²) in [6, 6.07) is 0. The van der Waals surface area contributed by atoms with Crippen LogP contribution in [0.2, 0.25) is 0 Å². The summed E-state index contributed by atoms with van der Waals surface area (Å²) in [7, 11) is -1.60. The topological polar surface area (TPSA) is 49.7 Å². The van der Waals surface area contributed by atoms with Crippen LogP contribution in [-0.2, 0) is 4.67 Å². The van der Waals surface area contributed by atoms with Crippen molar-refractivity contribution in [1.29, 1.82) is 0 Å². The van der Waals surface area contributed by atoms with Crippen molar-refractivity contribution in [2.45, 2.75) is 5.85 Å². The zero-order chi connectivity index (χ0) is 5.91. The summed E-state index contributed by atoms with van der Waals surface area (Å²) in [5.74, 6) is -3.89. The first-order chi connectivity index (χ1) is 3.06. The van der Waals surface area contributed by atoms with E-state index in [9.17, 15) is 8.78 Å². The van der Waals surface area contributed by atoms with Gasteiger partial charge in [0.25, 0.3) is 0 Å². The van der Waals surface area contributed by atoms with Gasteiger partial charge in [-0.15, -0.1) is 0 Å². The van der Waals surface area contributed by atoms with Crippen LogP contribution in [0.15, 0.2) is 0 Å². The highest BCUT2D eigenvalue weighted by atomic mass is 31.1. The maximum Gasteiger partial charge on any atom is 0.395 e. The Hall–Kier alpha value is 0.170. The molecule has 0 aliphatic rings. The molecule has 0 fully saturated rings. The second kappa shape index (κ2) is 2.47. The number of rotatable bonds is 2. The van der Waals surface area contributed by atoms with Crippen LogP contribution in [-0.4, -0.2) is 16.2 Å². The van der Waals surface area contributed by atoms with Crippen LogP contribution in [0.5, 0.6) is 0 Å². The largest absolute Gasteiger partial charge is 0.395 e. The van der Waals surface area contributed by atoms with Gasteiger partial charge in [-0.2, -0.15) is 8.78 Å². The molecule has 0 radical (unpaired) electrons. The van der Waals surface area contributed by atoms with Crippen molar-refractivity contribution in [3.63, 3.8) is 0 Å². The first-order valence-corrected chi connectivity index (χ1v) is 2.15. The lowest BCUT2D eigenvalue weighted by Crippen LogP contribution is -2.04. The molecule has 0 saturated heterocycles. The molecule has 44 valence electrons. The van der Waals surface area contributed by atoms with E-state index in [2.05, 4.69) is 4.67 Å². The standard InChI is InChI=1S/CH3F2O3P/c2-1(3,4)7-6-5/h4-5,7H. The van der Waals surface area contributed by atoms with E-state index in [1.807, 2.05) is 0 Å². The number of alkyl halides is 2. The van der Waals surface area contributed by atoms with Crippen LogP contribution in [0, 0.1) is 0 Å². The second-order valence-electron chi connectivity index (χ2n) is 0.735. The third-order valence-electron chi connectivity index (χ3n) is 0.168. The zero-order valence-electron chi connectivity index (χ0n) is 3.06. The molecule has 0 rings (SSSR count). The quantitative estimate of drug-likeness (QED) is 0.328. The summed E-state index contributed by atoms with van der Waals surface area (Å²) in [6.45, 7) is 0. The predicted octanol–water partition coefficient (Wildman–Crippen LogP) is 0.612. The third-order valence-corrected chi connectivity index (χ3v) is 0.505. The molecular weight excluding hydrogens is 129 g/mol. The SMILES string of the molecule is OOPC(O)(F)F. The maximum atomic E-state index is 11.0. The summed E-state index contributed by atoms with van der Waals surface area (Å²) < 4.78 is 24.9. The van der Waals surface area contributed by atoms with Gasteiger partial charge in [0.05, 0.1) is 0 Å². The third kappa shape index (κ3) is 6.17. The van der Waals surface area contributed by atoms with Gasteiger partial charge >= 0.3 is 5.85 Å². The Kier molecular flexibility index (Phi) is 2.53. The van der Waals surface area contributed by atoms with E-state index in [1.54, 1.807) is 0 Å². The molecule has 7 heavy (non-hydrogen) atoms. The Bertz CT molecular complexity index is 51.4. The molecule has 1 unspecified atom stereocenters. The van der Waals surface area contributed by atoms with Gasteiger partial charge < -0.3 is 5.11 Å². The van der Waals surface area contributed by atoms with Crippen LogP contribution in [0.25, 0.3) is 0 Å². The van der Waals surface area contributed by atoms with E-state index in [0.717, 1.165) is 0 Å². The van der Waals surface area contributed by atoms with Gasteiger partial charge in [0, 0.05) is 0 Å². The highest BCUT2D eigenvalue weighted by Crippen LogP contribution is 2.31. The minimum absolute atomic E-state index is 1.60. The molecule has 0 heterocycles. The molecule has 3 nitrogen and oxygen atoms in total. The smallest absolute Gasteiger partial charge is 0.331 e. The molecule has 2 N–H and O–H groups in total. The van der Waals surface area contributed by atoms with Crippen molar-refractivity contribution in [2.75, 3.05) is 0 Å². The first kappa shape index (κ1) is 7.17. The van der Waals surface area contributed by atoms with E-state index < -0.39 is 14.7 Å². The van der Waals surface area contributed by atoms with Gasteiger partial charge in [0.15, 0.2) is 8.81 Å². The molecule has 0 aliphatic heterocycles. The van der Waals surface area contributed by atoms with Gasteiger partial charge in [-0.25, -0.2) is 9.93 Å². The van der Waals surface area contributed by atoms with Crippen molar-refractivity contribution in [3.8, 4) is 0 Å². The fourth-order valence-corrected chi connectivity index (χ4v) is 0.165. The first-order valence-electron chi connectivity index (χ1n) is 1.24. The van der Waals surface area contributed by atoms with Gasteiger partial charge in [-0.1, -0.05) is 0 Å². The minimum Gasteiger partial charge on any atom is -0.331 e. The van der Waals surface area contributed by atoms with E-state index >= 15 is 0 Å². The zero-order valence-corrected chi connectivity index (χ0v) is 4.06. The van der Waals surface area contributed by atoms with Gasteiger partial charge in [-0.05, 0) is 0 Å². The Morgan fingerprint density at radius 2 is 2.00 bits per heavy atom. The van der Waals surface area contributed by atoms with E-state index in [1.165, 1.54) is 0 Å². The van der Waals surface area contributed by atoms with Crippen molar-refractivity contribution < 1.29 is 23.8 Å². The van der Waals surface area contributed by atoms with Crippen molar-refractivity contribution in [2.24, 2.45) is 0 Å². The lowest BCUT2D eigenvalue weighted by atomic mass is 11.5. The minimum atomic E-state index is -3.89. The van der Waals surface area contributed by atoms with Crippen LogP contribution in [0.4, 0.5) is 8.78 Å².